The number of rotatable bonds is 7. The number of aryl methyl sites for hydroxylation is 1. The van der Waals surface area contributed by atoms with Crippen molar-refractivity contribution >= 4 is 34.1 Å². The molecular formula is C26H24N4O2. The molecule has 1 heterocycles. The molecule has 0 aliphatic carbocycles. The molecule has 6 heteroatoms. The highest BCUT2D eigenvalue weighted by Crippen LogP contribution is 2.23. The molecule has 4 rings (SSSR count). The van der Waals surface area contributed by atoms with E-state index in [0.717, 1.165) is 22.2 Å². The van der Waals surface area contributed by atoms with Crippen molar-refractivity contribution < 1.29 is 9.59 Å². The topological polar surface area (TPSA) is 88.3 Å². The molecule has 2 amide bonds. The largest absolute Gasteiger partial charge is 0.368 e. The van der Waals surface area contributed by atoms with Crippen molar-refractivity contribution in [3.05, 3.63) is 102 Å². The highest BCUT2D eigenvalue weighted by atomic mass is 16.2. The van der Waals surface area contributed by atoms with Gasteiger partial charge in [0.1, 0.15) is 0 Å². The summed E-state index contributed by atoms with van der Waals surface area (Å²) in [5.41, 5.74) is 10.00. The van der Waals surface area contributed by atoms with E-state index < -0.39 is 5.91 Å². The Hall–Kier alpha value is -4.19. The lowest BCUT2D eigenvalue weighted by molar-refractivity contribution is -0.116. The zero-order valence-electron chi connectivity index (χ0n) is 17.8. The number of hydrogen-bond acceptors (Lipinski definition) is 4. The summed E-state index contributed by atoms with van der Waals surface area (Å²) < 4.78 is 0. The van der Waals surface area contributed by atoms with Crippen LogP contribution in [0.1, 0.15) is 21.6 Å². The van der Waals surface area contributed by atoms with E-state index in [0.29, 0.717) is 23.5 Å². The van der Waals surface area contributed by atoms with Crippen LogP contribution < -0.4 is 16.0 Å². The molecule has 0 bridgehead atoms. The summed E-state index contributed by atoms with van der Waals surface area (Å²) in [5.74, 6) is -0.657. The molecule has 32 heavy (non-hydrogen) atoms. The normalized spacial score (nSPS) is 10.7. The summed E-state index contributed by atoms with van der Waals surface area (Å²) in [4.78, 5) is 31.1. The number of anilines is 2. The first-order chi connectivity index (χ1) is 15.5. The van der Waals surface area contributed by atoms with Gasteiger partial charge in [0.15, 0.2) is 0 Å². The van der Waals surface area contributed by atoms with Crippen LogP contribution in [0.5, 0.6) is 0 Å². The average Bonchev–Trinajstić information content (AvgIpc) is 2.78. The number of nitrogens with two attached hydrogens (primary N) is 1. The standard InChI is InChI=1S/C26H24N4O2/c1-18-23(14-20-10-5-6-13-24(20)28-18)26(32)29-21-11-7-12-22(15-21)30(17-25(27)31)16-19-8-3-2-4-9-19/h2-15H,16-17H2,1H3,(H2,27,31)(H,29,32). The molecule has 160 valence electrons. The monoisotopic (exact) mass is 424 g/mol. The summed E-state index contributed by atoms with van der Waals surface area (Å²) in [6.45, 7) is 2.42. The molecule has 0 unspecified atom stereocenters. The van der Waals surface area contributed by atoms with Crippen LogP contribution in [0.3, 0.4) is 0 Å². The lowest BCUT2D eigenvalue weighted by atomic mass is 10.1. The Morgan fingerprint density at radius 1 is 0.938 bits per heavy atom. The summed E-state index contributed by atoms with van der Waals surface area (Å²) in [5, 5.41) is 3.86. The van der Waals surface area contributed by atoms with Crippen LogP contribution in [0.15, 0.2) is 84.9 Å². The maximum atomic E-state index is 13.0. The minimum absolute atomic E-state index is 0.0694. The Bertz CT molecular complexity index is 1270. The second-order valence-corrected chi connectivity index (χ2v) is 7.63. The van der Waals surface area contributed by atoms with Crippen LogP contribution in [0.2, 0.25) is 0 Å². The zero-order valence-corrected chi connectivity index (χ0v) is 17.8. The third-order valence-electron chi connectivity index (χ3n) is 5.19. The van der Waals surface area contributed by atoms with Crippen LogP contribution in [0.25, 0.3) is 10.9 Å². The fourth-order valence-corrected chi connectivity index (χ4v) is 3.65. The van der Waals surface area contributed by atoms with Gasteiger partial charge in [-0.05, 0) is 42.8 Å². The van der Waals surface area contributed by atoms with Crippen molar-refractivity contribution in [1.29, 1.82) is 0 Å². The van der Waals surface area contributed by atoms with Crippen molar-refractivity contribution in [3.63, 3.8) is 0 Å². The number of nitrogens with zero attached hydrogens (tertiary/aromatic N) is 2. The number of carbonyl (C=O) groups is 2. The summed E-state index contributed by atoms with van der Waals surface area (Å²) in [6, 6.07) is 26.8. The van der Waals surface area contributed by atoms with Gasteiger partial charge in [0.05, 0.1) is 23.3 Å². The number of benzene rings is 3. The molecule has 0 spiro atoms. The van der Waals surface area contributed by atoms with E-state index in [1.807, 2.05) is 96.8 Å². The predicted molar refractivity (Wildman–Crippen MR) is 128 cm³/mol. The lowest BCUT2D eigenvalue weighted by Gasteiger charge is -2.24. The van der Waals surface area contributed by atoms with E-state index in [2.05, 4.69) is 10.3 Å². The van der Waals surface area contributed by atoms with Gasteiger partial charge in [0, 0.05) is 23.3 Å². The first-order valence-corrected chi connectivity index (χ1v) is 10.3. The third-order valence-corrected chi connectivity index (χ3v) is 5.19. The fraction of sp³-hybridized carbons (Fsp3) is 0.115. The molecule has 0 fully saturated rings. The Morgan fingerprint density at radius 2 is 1.69 bits per heavy atom. The fourth-order valence-electron chi connectivity index (χ4n) is 3.65. The molecular weight excluding hydrogens is 400 g/mol. The minimum atomic E-state index is -0.423. The van der Waals surface area contributed by atoms with E-state index >= 15 is 0 Å². The molecule has 3 aromatic carbocycles. The number of nitrogens with one attached hydrogen (secondary N) is 1. The van der Waals surface area contributed by atoms with Crippen molar-refractivity contribution in [2.75, 3.05) is 16.8 Å². The van der Waals surface area contributed by atoms with E-state index in [1.165, 1.54) is 0 Å². The van der Waals surface area contributed by atoms with Crippen LogP contribution in [0.4, 0.5) is 11.4 Å². The Morgan fingerprint density at radius 3 is 2.47 bits per heavy atom. The Balaban J connectivity index is 1.58. The lowest BCUT2D eigenvalue weighted by Crippen LogP contribution is -2.33. The second-order valence-electron chi connectivity index (χ2n) is 7.63. The molecule has 3 N–H and O–H groups in total. The van der Waals surface area contributed by atoms with Crippen molar-refractivity contribution in [2.45, 2.75) is 13.5 Å². The first kappa shape index (κ1) is 21.1. The van der Waals surface area contributed by atoms with Crippen LogP contribution >= 0.6 is 0 Å². The van der Waals surface area contributed by atoms with Gasteiger partial charge in [-0.3, -0.25) is 14.6 Å². The molecule has 6 nitrogen and oxygen atoms in total. The number of para-hydroxylation sites is 1. The second kappa shape index (κ2) is 9.31. The smallest absolute Gasteiger partial charge is 0.257 e. The highest BCUT2D eigenvalue weighted by molar-refractivity contribution is 6.07. The molecule has 0 aliphatic rings. The molecule has 4 aromatic rings. The van der Waals surface area contributed by atoms with Crippen molar-refractivity contribution in [2.24, 2.45) is 5.73 Å². The Kier molecular flexibility index (Phi) is 6.12. The van der Waals surface area contributed by atoms with Crippen molar-refractivity contribution in [3.8, 4) is 0 Å². The number of aromatic nitrogens is 1. The molecule has 0 aliphatic heterocycles. The van der Waals surface area contributed by atoms with Gasteiger partial charge in [-0.2, -0.15) is 0 Å². The average molecular weight is 425 g/mol. The summed E-state index contributed by atoms with van der Waals surface area (Å²) >= 11 is 0. The van der Waals surface area contributed by atoms with Gasteiger partial charge >= 0.3 is 0 Å². The van der Waals surface area contributed by atoms with Gasteiger partial charge in [-0.1, -0.05) is 54.6 Å². The predicted octanol–water partition coefficient (Wildman–Crippen LogP) is 4.29. The quantitative estimate of drug-likeness (QED) is 0.463. The summed E-state index contributed by atoms with van der Waals surface area (Å²) in [6.07, 6.45) is 0. The number of hydrogen-bond donors (Lipinski definition) is 2. The van der Waals surface area contributed by atoms with Crippen LogP contribution in [-0.4, -0.2) is 23.3 Å². The van der Waals surface area contributed by atoms with E-state index in [4.69, 9.17) is 5.73 Å². The van der Waals surface area contributed by atoms with Crippen LogP contribution in [0, 0.1) is 6.92 Å². The third kappa shape index (κ3) is 4.92. The SMILES string of the molecule is Cc1nc2ccccc2cc1C(=O)Nc1cccc(N(CC(N)=O)Cc2ccccc2)c1. The summed E-state index contributed by atoms with van der Waals surface area (Å²) in [7, 11) is 0. The molecule has 0 atom stereocenters. The van der Waals surface area contributed by atoms with Gasteiger partial charge in [-0.15, -0.1) is 0 Å². The van der Waals surface area contributed by atoms with Gasteiger partial charge < -0.3 is 16.0 Å². The van der Waals surface area contributed by atoms with E-state index in [-0.39, 0.29) is 12.5 Å². The molecule has 0 saturated heterocycles. The first-order valence-electron chi connectivity index (χ1n) is 10.3. The van der Waals surface area contributed by atoms with Crippen molar-refractivity contribution in [1.82, 2.24) is 4.98 Å². The number of primary amides is 1. The van der Waals surface area contributed by atoms with Gasteiger partial charge in [0.25, 0.3) is 5.91 Å². The maximum Gasteiger partial charge on any atom is 0.257 e. The molecule has 0 saturated carbocycles. The number of carbonyl (C=O) groups excluding carboxylic acids is 2. The van der Waals surface area contributed by atoms with E-state index in [1.54, 1.807) is 0 Å². The van der Waals surface area contributed by atoms with Gasteiger partial charge in [-0.25, -0.2) is 0 Å². The van der Waals surface area contributed by atoms with Gasteiger partial charge in [0.2, 0.25) is 5.91 Å². The molecule has 1 aromatic heterocycles. The van der Waals surface area contributed by atoms with E-state index in [9.17, 15) is 9.59 Å². The number of fused-ring (bicyclic) bond motifs is 1. The zero-order chi connectivity index (χ0) is 22.5. The van der Waals surface area contributed by atoms with Crippen LogP contribution in [-0.2, 0) is 11.3 Å². The highest BCUT2D eigenvalue weighted by Gasteiger charge is 2.14. The maximum absolute atomic E-state index is 13.0. The Labute approximate surface area is 186 Å². The molecule has 0 radical (unpaired) electrons. The minimum Gasteiger partial charge on any atom is -0.368 e. The number of pyridine rings is 1. The number of amides is 2.